The first-order valence-electron chi connectivity index (χ1n) is 10.9. The van der Waals surface area contributed by atoms with E-state index in [2.05, 4.69) is 25.8 Å². The molecular formula is C26H18ClN7O. The number of nitrogens with one attached hydrogen (secondary N) is 3. The summed E-state index contributed by atoms with van der Waals surface area (Å²) in [6.07, 6.45) is 4.86. The first-order valence-corrected chi connectivity index (χ1v) is 11.2. The normalized spacial score (nSPS) is 11.1. The van der Waals surface area contributed by atoms with Crippen molar-refractivity contribution in [1.82, 2.24) is 25.0 Å². The summed E-state index contributed by atoms with van der Waals surface area (Å²) in [5.74, 6) is 0.433. The average molecular weight is 480 g/mol. The molecule has 0 fully saturated rings. The van der Waals surface area contributed by atoms with E-state index in [4.69, 9.17) is 16.7 Å². The molecule has 0 atom stereocenters. The molecule has 170 valence electrons. The molecule has 8 nitrogen and oxygen atoms in total. The quantitative estimate of drug-likeness (QED) is 0.284. The number of aromatic amines is 1. The van der Waals surface area contributed by atoms with E-state index in [1.807, 2.05) is 65.3 Å². The number of fused-ring (bicyclic) bond motifs is 2. The fraction of sp³-hybridized carbons (Fsp3) is 0. The zero-order chi connectivity index (χ0) is 23.8. The monoisotopic (exact) mass is 479 g/mol. The van der Waals surface area contributed by atoms with Crippen molar-refractivity contribution < 1.29 is 4.79 Å². The van der Waals surface area contributed by atoms with E-state index < -0.39 is 0 Å². The number of carbonyl (C=O) groups is 1. The molecule has 9 heteroatoms. The highest BCUT2D eigenvalue weighted by Gasteiger charge is 2.15. The molecule has 3 N–H and O–H groups in total. The van der Waals surface area contributed by atoms with Gasteiger partial charge < -0.3 is 10.6 Å². The lowest BCUT2D eigenvalue weighted by Gasteiger charge is -2.09. The summed E-state index contributed by atoms with van der Waals surface area (Å²) < 4.78 is 1.84. The van der Waals surface area contributed by atoms with E-state index in [0.29, 0.717) is 22.1 Å². The fourth-order valence-corrected chi connectivity index (χ4v) is 4.24. The number of hydrogen-bond acceptors (Lipinski definition) is 5. The predicted octanol–water partition coefficient (Wildman–Crippen LogP) is 5.95. The number of pyridine rings is 1. The number of amides is 1. The minimum absolute atomic E-state index is 0.229. The van der Waals surface area contributed by atoms with E-state index in [1.54, 1.807) is 24.5 Å². The Kier molecular flexibility index (Phi) is 5.12. The second-order valence-electron chi connectivity index (χ2n) is 7.91. The molecule has 0 aliphatic heterocycles. The van der Waals surface area contributed by atoms with Crippen molar-refractivity contribution in [1.29, 1.82) is 0 Å². The van der Waals surface area contributed by atoms with E-state index >= 15 is 0 Å². The molecule has 3 heterocycles. The van der Waals surface area contributed by atoms with Crippen LogP contribution in [0.3, 0.4) is 0 Å². The fourth-order valence-electron chi connectivity index (χ4n) is 3.98. The SMILES string of the molecule is O=C(Nc1cccc(-n2nc(Nc3ccc4[nH]ncc4c3Cl)c3ccccc32)c1)c1cccnc1. The molecule has 0 aliphatic rings. The van der Waals surface area contributed by atoms with Crippen molar-refractivity contribution in [3.8, 4) is 5.69 Å². The van der Waals surface area contributed by atoms with Crippen LogP contribution in [-0.4, -0.2) is 30.9 Å². The number of anilines is 3. The standard InChI is InChI=1S/C26H18ClN7O/c27-24-20-15-29-32-21(20)10-11-22(24)31-25-19-8-1-2-9-23(19)34(33-25)18-7-3-6-17(13-18)30-26(35)16-5-4-12-28-14-16/h1-15H,(H,29,32)(H,30,35)(H,31,33). The first-order chi connectivity index (χ1) is 17.2. The molecule has 3 aromatic heterocycles. The van der Waals surface area contributed by atoms with E-state index in [1.165, 1.54) is 6.20 Å². The highest BCUT2D eigenvalue weighted by atomic mass is 35.5. The summed E-state index contributed by atoms with van der Waals surface area (Å²) in [6.45, 7) is 0. The molecule has 0 bridgehead atoms. The maximum atomic E-state index is 12.6. The second-order valence-corrected chi connectivity index (χ2v) is 8.29. The highest BCUT2D eigenvalue weighted by Crippen LogP contribution is 2.34. The van der Waals surface area contributed by atoms with Gasteiger partial charge in [-0.1, -0.05) is 29.8 Å². The summed E-state index contributed by atoms with van der Waals surface area (Å²) in [7, 11) is 0. The largest absolute Gasteiger partial charge is 0.337 e. The first kappa shape index (κ1) is 20.9. The van der Waals surface area contributed by atoms with Gasteiger partial charge in [-0.2, -0.15) is 5.10 Å². The summed E-state index contributed by atoms with van der Waals surface area (Å²) in [5, 5.41) is 20.4. The zero-order valence-corrected chi connectivity index (χ0v) is 19.0. The number of rotatable bonds is 5. The maximum Gasteiger partial charge on any atom is 0.257 e. The van der Waals surface area contributed by atoms with E-state index in [9.17, 15) is 4.79 Å². The number of para-hydroxylation sites is 1. The van der Waals surface area contributed by atoms with Gasteiger partial charge in [0.15, 0.2) is 5.82 Å². The lowest BCUT2D eigenvalue weighted by molar-refractivity contribution is 0.102. The lowest BCUT2D eigenvalue weighted by Crippen LogP contribution is -2.12. The molecule has 35 heavy (non-hydrogen) atoms. The molecule has 0 aliphatic carbocycles. The number of H-pyrrole nitrogens is 1. The molecule has 0 saturated carbocycles. The van der Waals surface area contributed by atoms with Crippen LogP contribution in [0.15, 0.2) is 91.4 Å². The Morgan fingerprint density at radius 2 is 1.86 bits per heavy atom. The molecule has 6 rings (SSSR count). The van der Waals surface area contributed by atoms with Crippen LogP contribution in [0.25, 0.3) is 27.5 Å². The molecule has 3 aromatic carbocycles. The van der Waals surface area contributed by atoms with Crippen molar-refractivity contribution in [2.45, 2.75) is 0 Å². The minimum Gasteiger partial charge on any atom is -0.337 e. The number of halogens is 1. The third-order valence-corrected chi connectivity index (χ3v) is 6.08. The van der Waals surface area contributed by atoms with Gasteiger partial charge in [0, 0.05) is 28.9 Å². The van der Waals surface area contributed by atoms with Crippen LogP contribution in [0, 0.1) is 0 Å². The Morgan fingerprint density at radius 1 is 0.943 bits per heavy atom. The van der Waals surface area contributed by atoms with Crippen molar-refractivity contribution in [2.24, 2.45) is 0 Å². The van der Waals surface area contributed by atoms with Crippen molar-refractivity contribution in [2.75, 3.05) is 10.6 Å². The van der Waals surface area contributed by atoms with Crippen LogP contribution >= 0.6 is 11.6 Å². The summed E-state index contributed by atoms with van der Waals surface area (Å²) in [6, 6.07) is 22.7. The molecular weight excluding hydrogens is 462 g/mol. The van der Waals surface area contributed by atoms with Gasteiger partial charge in [0.2, 0.25) is 0 Å². The molecule has 0 spiro atoms. The van der Waals surface area contributed by atoms with Crippen molar-refractivity contribution >= 4 is 56.5 Å². The van der Waals surface area contributed by atoms with E-state index in [-0.39, 0.29) is 5.91 Å². The second kappa shape index (κ2) is 8.58. The summed E-state index contributed by atoms with van der Waals surface area (Å²) in [5.41, 5.74) is 4.44. The van der Waals surface area contributed by atoms with Gasteiger partial charge in [-0.05, 0) is 54.6 Å². The molecule has 0 saturated heterocycles. The number of carbonyl (C=O) groups excluding carboxylic acids is 1. The van der Waals surface area contributed by atoms with Gasteiger partial charge >= 0.3 is 0 Å². The highest BCUT2D eigenvalue weighted by molar-refractivity contribution is 6.38. The number of aromatic nitrogens is 5. The smallest absolute Gasteiger partial charge is 0.257 e. The summed E-state index contributed by atoms with van der Waals surface area (Å²) >= 11 is 6.63. The third-order valence-electron chi connectivity index (χ3n) is 5.67. The van der Waals surface area contributed by atoms with Gasteiger partial charge in [0.05, 0.1) is 39.2 Å². The molecule has 0 radical (unpaired) electrons. The summed E-state index contributed by atoms with van der Waals surface area (Å²) in [4.78, 5) is 16.6. The van der Waals surface area contributed by atoms with Gasteiger partial charge in [-0.25, -0.2) is 4.68 Å². The van der Waals surface area contributed by atoms with Crippen LogP contribution in [-0.2, 0) is 0 Å². The van der Waals surface area contributed by atoms with Crippen LogP contribution < -0.4 is 10.6 Å². The maximum absolute atomic E-state index is 12.6. The minimum atomic E-state index is -0.229. The third kappa shape index (κ3) is 3.85. The molecule has 0 unspecified atom stereocenters. The lowest BCUT2D eigenvalue weighted by atomic mass is 10.2. The Balaban J connectivity index is 1.37. The van der Waals surface area contributed by atoms with E-state index in [0.717, 1.165) is 33.2 Å². The van der Waals surface area contributed by atoms with Crippen LogP contribution in [0.4, 0.5) is 17.2 Å². The van der Waals surface area contributed by atoms with Crippen LogP contribution in [0.2, 0.25) is 5.02 Å². The van der Waals surface area contributed by atoms with Crippen LogP contribution in [0.5, 0.6) is 0 Å². The van der Waals surface area contributed by atoms with Crippen LogP contribution in [0.1, 0.15) is 10.4 Å². The Bertz CT molecular complexity index is 1690. The topological polar surface area (TPSA) is 101 Å². The van der Waals surface area contributed by atoms with Gasteiger partial charge in [-0.15, -0.1) is 5.10 Å². The predicted molar refractivity (Wildman–Crippen MR) is 138 cm³/mol. The van der Waals surface area contributed by atoms with Gasteiger partial charge in [0.1, 0.15) is 0 Å². The Morgan fingerprint density at radius 3 is 2.74 bits per heavy atom. The number of nitrogens with zero attached hydrogens (tertiary/aromatic N) is 4. The average Bonchev–Trinajstić information content (AvgIpc) is 3.52. The Hall–Kier alpha value is -4.69. The number of hydrogen-bond donors (Lipinski definition) is 3. The van der Waals surface area contributed by atoms with Gasteiger partial charge in [-0.3, -0.25) is 14.9 Å². The van der Waals surface area contributed by atoms with Crippen molar-refractivity contribution in [3.05, 3.63) is 102 Å². The number of benzene rings is 3. The van der Waals surface area contributed by atoms with Crippen molar-refractivity contribution in [3.63, 3.8) is 0 Å². The molecule has 6 aromatic rings. The zero-order valence-electron chi connectivity index (χ0n) is 18.2. The van der Waals surface area contributed by atoms with Gasteiger partial charge in [0.25, 0.3) is 5.91 Å². The Labute approximate surface area is 204 Å². The molecule has 1 amide bonds.